The molecular weight excluding hydrogens is 202 g/mol. The maximum absolute atomic E-state index is 10.9. The summed E-state index contributed by atoms with van der Waals surface area (Å²) in [4.78, 5) is 10.9. The number of benzene rings is 1. The maximum Gasteiger partial charge on any atom is 0.247 e. The molecule has 0 saturated carbocycles. The van der Waals surface area contributed by atoms with Crippen molar-refractivity contribution in [1.29, 1.82) is 0 Å². The first kappa shape index (κ1) is 12.7. The molecule has 1 aromatic carbocycles. The van der Waals surface area contributed by atoms with Crippen LogP contribution in [0.1, 0.15) is 31.9 Å². The monoisotopic (exact) mass is 221 g/mol. The van der Waals surface area contributed by atoms with Gasteiger partial charge in [0, 0.05) is 0 Å². The number of hydrogen-bond acceptors (Lipinski definition) is 2. The van der Waals surface area contributed by atoms with Gasteiger partial charge in [-0.15, -0.1) is 0 Å². The predicted molar refractivity (Wildman–Crippen MR) is 63.2 cm³/mol. The maximum atomic E-state index is 10.9. The molecule has 1 aromatic rings. The van der Waals surface area contributed by atoms with Crippen LogP contribution >= 0.6 is 0 Å². The molecular formula is C13H19NO2. The van der Waals surface area contributed by atoms with Gasteiger partial charge in [0.2, 0.25) is 5.91 Å². The van der Waals surface area contributed by atoms with E-state index in [0.29, 0.717) is 0 Å². The molecule has 88 valence electrons. The fourth-order valence-corrected chi connectivity index (χ4v) is 1.61. The first-order chi connectivity index (χ1) is 7.40. The second-order valence-electron chi connectivity index (χ2n) is 5.27. The highest BCUT2D eigenvalue weighted by Crippen LogP contribution is 2.20. The highest BCUT2D eigenvalue weighted by molar-refractivity contribution is 5.77. The topological polar surface area (TPSA) is 49.3 Å². The molecule has 16 heavy (non-hydrogen) atoms. The summed E-state index contributed by atoms with van der Waals surface area (Å²) in [5.41, 5.74) is 4.07. The van der Waals surface area contributed by atoms with Crippen LogP contribution in [0.25, 0.3) is 0 Å². The van der Waals surface area contributed by atoms with Crippen molar-refractivity contribution < 1.29 is 10.0 Å². The summed E-state index contributed by atoms with van der Waals surface area (Å²) < 4.78 is 0. The fourth-order valence-electron chi connectivity index (χ4n) is 1.61. The van der Waals surface area contributed by atoms with Gasteiger partial charge in [-0.25, -0.2) is 5.48 Å². The molecule has 1 rings (SSSR count). The summed E-state index contributed by atoms with van der Waals surface area (Å²) in [5, 5.41) is 8.40. The molecule has 0 heterocycles. The molecule has 0 aliphatic rings. The van der Waals surface area contributed by atoms with Crippen molar-refractivity contribution in [3.63, 3.8) is 0 Å². The third-order valence-corrected chi connectivity index (χ3v) is 2.25. The highest BCUT2D eigenvalue weighted by atomic mass is 16.5. The van der Waals surface area contributed by atoms with Crippen LogP contribution in [0.2, 0.25) is 0 Å². The number of rotatable bonds is 3. The molecule has 0 aromatic heterocycles. The van der Waals surface area contributed by atoms with E-state index in [1.807, 2.05) is 24.3 Å². The van der Waals surface area contributed by atoms with E-state index < -0.39 is 0 Å². The lowest BCUT2D eigenvalue weighted by Gasteiger charge is -2.18. The minimum atomic E-state index is -0.386. The van der Waals surface area contributed by atoms with Crippen LogP contribution in [-0.2, 0) is 17.6 Å². The van der Waals surface area contributed by atoms with Gasteiger partial charge in [0.15, 0.2) is 0 Å². The second-order valence-corrected chi connectivity index (χ2v) is 5.27. The number of amides is 1. The summed E-state index contributed by atoms with van der Waals surface area (Å²) in [6.45, 7) is 6.58. The van der Waals surface area contributed by atoms with Crippen molar-refractivity contribution >= 4 is 5.91 Å². The Labute approximate surface area is 96.4 Å². The Hall–Kier alpha value is -1.35. The summed E-state index contributed by atoms with van der Waals surface area (Å²) in [7, 11) is 0. The van der Waals surface area contributed by atoms with Crippen molar-refractivity contribution in [1.82, 2.24) is 5.48 Å². The largest absolute Gasteiger partial charge is 0.289 e. The highest BCUT2D eigenvalue weighted by Gasteiger charge is 2.11. The molecule has 0 aliphatic heterocycles. The van der Waals surface area contributed by atoms with Gasteiger partial charge >= 0.3 is 0 Å². The smallest absolute Gasteiger partial charge is 0.247 e. The Balaban J connectivity index is 2.64. The Bertz CT molecular complexity index is 349. The van der Waals surface area contributed by atoms with Crippen LogP contribution < -0.4 is 5.48 Å². The molecule has 0 aliphatic carbocycles. The fraction of sp³-hybridized carbons (Fsp3) is 0.462. The molecule has 0 unspecified atom stereocenters. The SMILES string of the molecule is CC(C)(C)Cc1ccc(CC(=O)NO)cc1. The Morgan fingerprint density at radius 2 is 1.69 bits per heavy atom. The Kier molecular flexibility index (Phi) is 4.07. The number of hydroxylamine groups is 1. The average Bonchev–Trinajstić information content (AvgIpc) is 2.18. The van der Waals surface area contributed by atoms with E-state index >= 15 is 0 Å². The van der Waals surface area contributed by atoms with Crippen LogP contribution in [0, 0.1) is 5.41 Å². The summed E-state index contributed by atoms with van der Waals surface area (Å²) in [6.07, 6.45) is 1.23. The van der Waals surface area contributed by atoms with Crippen molar-refractivity contribution in [2.24, 2.45) is 5.41 Å². The summed E-state index contributed by atoms with van der Waals surface area (Å²) >= 11 is 0. The number of hydrogen-bond donors (Lipinski definition) is 2. The van der Waals surface area contributed by atoms with Gasteiger partial charge in [-0.2, -0.15) is 0 Å². The van der Waals surface area contributed by atoms with E-state index in [2.05, 4.69) is 20.8 Å². The van der Waals surface area contributed by atoms with E-state index in [1.54, 1.807) is 5.48 Å². The van der Waals surface area contributed by atoms with E-state index in [-0.39, 0.29) is 17.7 Å². The number of carbonyl (C=O) groups excluding carboxylic acids is 1. The van der Waals surface area contributed by atoms with Gasteiger partial charge in [0.25, 0.3) is 0 Å². The van der Waals surface area contributed by atoms with E-state index in [0.717, 1.165) is 12.0 Å². The van der Waals surface area contributed by atoms with Crippen molar-refractivity contribution in [2.75, 3.05) is 0 Å². The van der Waals surface area contributed by atoms with E-state index in [9.17, 15) is 4.79 Å². The standard InChI is InChI=1S/C13H19NO2/c1-13(2,3)9-11-6-4-10(5-7-11)8-12(15)14-16/h4-7,16H,8-9H2,1-3H3,(H,14,15). The molecule has 0 fully saturated rings. The van der Waals surface area contributed by atoms with E-state index in [1.165, 1.54) is 5.56 Å². The van der Waals surface area contributed by atoms with Gasteiger partial charge in [0.05, 0.1) is 6.42 Å². The molecule has 1 amide bonds. The zero-order chi connectivity index (χ0) is 12.2. The lowest BCUT2D eigenvalue weighted by molar-refractivity contribution is -0.128. The van der Waals surface area contributed by atoms with Crippen molar-refractivity contribution in [3.05, 3.63) is 35.4 Å². The average molecular weight is 221 g/mol. The van der Waals surface area contributed by atoms with Crippen LogP contribution in [0.4, 0.5) is 0 Å². The molecule has 2 N–H and O–H groups in total. The van der Waals surface area contributed by atoms with Crippen LogP contribution in [0.5, 0.6) is 0 Å². The number of carbonyl (C=O) groups is 1. The summed E-state index contributed by atoms with van der Waals surface area (Å²) in [6, 6.07) is 7.92. The molecule has 0 bridgehead atoms. The lowest BCUT2D eigenvalue weighted by atomic mass is 9.88. The van der Waals surface area contributed by atoms with Crippen molar-refractivity contribution in [3.8, 4) is 0 Å². The van der Waals surface area contributed by atoms with Gasteiger partial charge in [0.1, 0.15) is 0 Å². The van der Waals surface area contributed by atoms with Crippen LogP contribution in [0.15, 0.2) is 24.3 Å². The minimum absolute atomic E-state index is 0.215. The lowest BCUT2D eigenvalue weighted by Crippen LogP contribution is -2.20. The van der Waals surface area contributed by atoms with Crippen molar-refractivity contribution in [2.45, 2.75) is 33.6 Å². The molecule has 3 heteroatoms. The third kappa shape index (κ3) is 4.45. The quantitative estimate of drug-likeness (QED) is 0.608. The minimum Gasteiger partial charge on any atom is -0.289 e. The van der Waals surface area contributed by atoms with Gasteiger partial charge in [-0.1, -0.05) is 45.0 Å². The normalized spacial score (nSPS) is 11.2. The van der Waals surface area contributed by atoms with Gasteiger partial charge < -0.3 is 0 Å². The van der Waals surface area contributed by atoms with E-state index in [4.69, 9.17) is 5.21 Å². The van der Waals surface area contributed by atoms with Gasteiger partial charge in [-0.3, -0.25) is 10.0 Å². The zero-order valence-electron chi connectivity index (χ0n) is 10.1. The second kappa shape index (κ2) is 5.12. The van der Waals surface area contributed by atoms with Crippen LogP contribution in [0.3, 0.4) is 0 Å². The molecule has 0 atom stereocenters. The first-order valence-corrected chi connectivity index (χ1v) is 5.41. The number of nitrogens with one attached hydrogen (secondary N) is 1. The first-order valence-electron chi connectivity index (χ1n) is 5.41. The van der Waals surface area contributed by atoms with Crippen LogP contribution in [-0.4, -0.2) is 11.1 Å². The zero-order valence-corrected chi connectivity index (χ0v) is 10.1. The molecule has 0 saturated heterocycles. The molecule has 0 radical (unpaired) electrons. The third-order valence-electron chi connectivity index (χ3n) is 2.25. The Morgan fingerprint density at radius 1 is 1.19 bits per heavy atom. The predicted octanol–water partition coefficient (Wildman–Crippen LogP) is 2.32. The molecule has 0 spiro atoms. The molecule has 3 nitrogen and oxygen atoms in total. The Morgan fingerprint density at radius 3 is 2.12 bits per heavy atom. The summed E-state index contributed by atoms with van der Waals surface area (Å²) in [5.74, 6) is -0.386. The van der Waals surface area contributed by atoms with Gasteiger partial charge in [-0.05, 0) is 23.0 Å².